The Bertz CT molecular complexity index is 1150. The summed E-state index contributed by atoms with van der Waals surface area (Å²) in [6, 6.07) is 5.20. The Morgan fingerprint density at radius 1 is 1.18 bits per heavy atom. The van der Waals surface area contributed by atoms with Gasteiger partial charge in [0.2, 0.25) is 0 Å². The summed E-state index contributed by atoms with van der Waals surface area (Å²) in [6.07, 6.45) is -2.96. The smallest absolute Gasteiger partial charge is 0.354 e. The van der Waals surface area contributed by atoms with Crippen LogP contribution in [0.25, 0.3) is 22.4 Å². The summed E-state index contributed by atoms with van der Waals surface area (Å²) in [4.78, 5) is 13.4. The first-order chi connectivity index (χ1) is 13.1. The van der Waals surface area contributed by atoms with Crippen LogP contribution in [-0.4, -0.2) is 48.0 Å². The molecule has 1 fully saturated rings. The van der Waals surface area contributed by atoms with Crippen LogP contribution in [0.15, 0.2) is 30.5 Å². The molecule has 1 N–H and O–H groups in total. The molecule has 3 aromatic rings. The van der Waals surface area contributed by atoms with Crippen molar-refractivity contribution in [2.24, 2.45) is 0 Å². The van der Waals surface area contributed by atoms with Gasteiger partial charge < -0.3 is 9.88 Å². The normalized spacial score (nSPS) is 17.2. The van der Waals surface area contributed by atoms with E-state index in [0.29, 0.717) is 17.2 Å². The van der Waals surface area contributed by atoms with Crippen LogP contribution in [0.4, 0.5) is 19.0 Å². The number of fused-ring (bicyclic) bond motifs is 1. The monoisotopic (exact) mass is 430 g/mol. The van der Waals surface area contributed by atoms with Gasteiger partial charge in [0.1, 0.15) is 17.2 Å². The van der Waals surface area contributed by atoms with Crippen LogP contribution in [0.5, 0.6) is 0 Å². The number of hydrogen-bond acceptors (Lipinski definition) is 5. The zero-order valence-corrected chi connectivity index (χ0v) is 15.9. The molecule has 0 saturated carbocycles. The second-order valence-corrected chi connectivity index (χ2v) is 9.16. The number of nitrogens with zero attached hydrogens (tertiary/aromatic N) is 3. The third-order valence-electron chi connectivity index (χ3n) is 4.55. The van der Waals surface area contributed by atoms with E-state index in [1.54, 1.807) is 18.3 Å². The second-order valence-electron chi connectivity index (χ2n) is 6.45. The minimum absolute atomic E-state index is 0.0178. The second kappa shape index (κ2) is 6.63. The molecule has 1 aliphatic heterocycles. The van der Waals surface area contributed by atoms with E-state index in [9.17, 15) is 21.6 Å². The van der Waals surface area contributed by atoms with Crippen LogP contribution < -0.4 is 4.90 Å². The van der Waals surface area contributed by atoms with Gasteiger partial charge in [0.25, 0.3) is 0 Å². The molecule has 0 spiro atoms. The molecule has 2 aromatic heterocycles. The summed E-state index contributed by atoms with van der Waals surface area (Å²) in [7, 11) is -3.06. The maximum absolute atomic E-state index is 13.0. The van der Waals surface area contributed by atoms with Crippen molar-refractivity contribution < 1.29 is 21.6 Å². The summed E-state index contributed by atoms with van der Waals surface area (Å²) >= 11 is 6.01. The van der Waals surface area contributed by atoms with Crippen LogP contribution in [0.1, 0.15) is 5.56 Å². The average molecular weight is 431 g/mol. The van der Waals surface area contributed by atoms with Crippen molar-refractivity contribution in [3.8, 4) is 11.4 Å². The van der Waals surface area contributed by atoms with Gasteiger partial charge in [0, 0.05) is 19.3 Å². The Labute approximate surface area is 163 Å². The summed E-state index contributed by atoms with van der Waals surface area (Å²) in [5, 5.41) is -0.109. The third-order valence-corrected chi connectivity index (χ3v) is 6.45. The number of nitrogens with one attached hydrogen (secondary N) is 1. The molecule has 0 amide bonds. The van der Waals surface area contributed by atoms with Crippen LogP contribution in [0, 0.1) is 0 Å². The van der Waals surface area contributed by atoms with Crippen molar-refractivity contribution in [1.29, 1.82) is 0 Å². The number of H-pyrrole nitrogens is 1. The molecule has 6 nitrogen and oxygen atoms in total. The largest absolute Gasteiger partial charge is 0.416 e. The molecule has 3 heterocycles. The molecule has 0 bridgehead atoms. The Hall–Kier alpha value is -2.33. The quantitative estimate of drug-likeness (QED) is 0.672. The first-order valence-corrected chi connectivity index (χ1v) is 10.5. The molecule has 0 radical (unpaired) electrons. The predicted octanol–water partition coefficient (Wildman–Crippen LogP) is 3.53. The van der Waals surface area contributed by atoms with Gasteiger partial charge in [-0.15, -0.1) is 0 Å². The van der Waals surface area contributed by atoms with Gasteiger partial charge in [0.05, 0.1) is 33.2 Å². The number of pyridine rings is 1. The average Bonchev–Trinajstić information content (AvgIpc) is 3.06. The summed E-state index contributed by atoms with van der Waals surface area (Å²) in [5.41, 5.74) is 0.0713. The molecule has 148 valence electrons. The molecule has 1 aromatic carbocycles. The van der Waals surface area contributed by atoms with Gasteiger partial charge in [0.15, 0.2) is 9.84 Å². The molecule has 0 atom stereocenters. The molecule has 1 aliphatic rings. The van der Waals surface area contributed by atoms with Gasteiger partial charge >= 0.3 is 6.18 Å². The Kier molecular flexibility index (Phi) is 4.50. The lowest BCUT2D eigenvalue weighted by molar-refractivity contribution is -0.137. The van der Waals surface area contributed by atoms with E-state index >= 15 is 0 Å². The number of sulfone groups is 1. The fourth-order valence-corrected chi connectivity index (χ4v) is 4.59. The van der Waals surface area contributed by atoms with Crippen LogP contribution in [0.2, 0.25) is 5.02 Å². The number of imidazole rings is 1. The number of alkyl halides is 3. The van der Waals surface area contributed by atoms with E-state index in [-0.39, 0.29) is 40.7 Å². The number of aromatic nitrogens is 3. The fourth-order valence-electron chi connectivity index (χ4n) is 3.12. The van der Waals surface area contributed by atoms with Gasteiger partial charge in [-0.2, -0.15) is 13.2 Å². The van der Waals surface area contributed by atoms with Crippen molar-refractivity contribution in [1.82, 2.24) is 15.0 Å². The zero-order valence-electron chi connectivity index (χ0n) is 14.3. The minimum atomic E-state index is -4.53. The lowest BCUT2D eigenvalue weighted by Crippen LogP contribution is -2.40. The Morgan fingerprint density at radius 2 is 1.89 bits per heavy atom. The van der Waals surface area contributed by atoms with Gasteiger partial charge in [-0.05, 0) is 24.3 Å². The van der Waals surface area contributed by atoms with Crippen molar-refractivity contribution in [2.75, 3.05) is 29.5 Å². The maximum atomic E-state index is 13.0. The third kappa shape index (κ3) is 3.53. The fraction of sp³-hybridized carbons (Fsp3) is 0.294. The highest BCUT2D eigenvalue weighted by Crippen LogP contribution is 2.36. The van der Waals surface area contributed by atoms with E-state index in [1.807, 2.05) is 4.90 Å². The molecule has 1 saturated heterocycles. The summed E-state index contributed by atoms with van der Waals surface area (Å²) < 4.78 is 62.5. The molecular weight excluding hydrogens is 417 g/mol. The number of hydrogen-bond donors (Lipinski definition) is 1. The van der Waals surface area contributed by atoms with E-state index in [1.165, 1.54) is 0 Å². The van der Waals surface area contributed by atoms with E-state index in [2.05, 4.69) is 15.0 Å². The highest BCUT2D eigenvalue weighted by atomic mass is 35.5. The number of aromatic amines is 1. The zero-order chi connectivity index (χ0) is 20.1. The molecular formula is C17H14ClF3N4O2S. The molecule has 0 aliphatic carbocycles. The summed E-state index contributed by atoms with van der Waals surface area (Å²) in [6.45, 7) is 0.567. The lowest BCUT2D eigenvalue weighted by atomic mass is 10.2. The van der Waals surface area contributed by atoms with Gasteiger partial charge in [-0.1, -0.05) is 11.6 Å². The topological polar surface area (TPSA) is 79.0 Å². The first kappa shape index (κ1) is 19.0. The molecule has 0 unspecified atom stereocenters. The van der Waals surface area contributed by atoms with Crippen molar-refractivity contribution in [2.45, 2.75) is 6.18 Å². The van der Waals surface area contributed by atoms with Gasteiger partial charge in [-0.25, -0.2) is 18.4 Å². The first-order valence-electron chi connectivity index (χ1n) is 8.31. The number of halogens is 4. The molecule has 11 heteroatoms. The summed E-state index contributed by atoms with van der Waals surface area (Å²) in [5.74, 6) is 0.866. The Balaban J connectivity index is 1.78. The van der Waals surface area contributed by atoms with Crippen LogP contribution in [0.3, 0.4) is 0 Å². The highest BCUT2D eigenvalue weighted by molar-refractivity contribution is 7.91. The van der Waals surface area contributed by atoms with E-state index in [4.69, 9.17) is 11.6 Å². The maximum Gasteiger partial charge on any atom is 0.416 e. The van der Waals surface area contributed by atoms with E-state index in [0.717, 1.165) is 12.1 Å². The lowest BCUT2D eigenvalue weighted by Gasteiger charge is -2.28. The minimum Gasteiger partial charge on any atom is -0.354 e. The number of benzene rings is 1. The van der Waals surface area contributed by atoms with Crippen molar-refractivity contribution >= 4 is 38.3 Å². The van der Waals surface area contributed by atoms with Crippen LogP contribution >= 0.6 is 11.6 Å². The van der Waals surface area contributed by atoms with Gasteiger partial charge in [-0.3, -0.25) is 0 Å². The standard InChI is InChI=1S/C17H14ClF3N4O2S/c18-12-8-10(17(19,20)21)9-13-14(12)24-15(23-13)11-2-1-3-22-16(11)25-4-6-28(26,27)7-5-25/h1-3,8-9H,4-7H2,(H,23,24). The number of rotatable bonds is 2. The molecule has 28 heavy (non-hydrogen) atoms. The predicted molar refractivity (Wildman–Crippen MR) is 100 cm³/mol. The van der Waals surface area contributed by atoms with Crippen LogP contribution in [-0.2, 0) is 16.0 Å². The van der Waals surface area contributed by atoms with E-state index < -0.39 is 21.6 Å². The number of anilines is 1. The Morgan fingerprint density at radius 3 is 2.57 bits per heavy atom. The SMILES string of the molecule is O=S1(=O)CCN(c2ncccc2-c2nc3c(Cl)cc(C(F)(F)F)cc3[nH]2)CC1. The highest BCUT2D eigenvalue weighted by Gasteiger charge is 2.32. The molecule has 4 rings (SSSR count). The van der Waals surface area contributed by atoms with Crippen molar-refractivity contribution in [3.05, 3.63) is 41.0 Å². The van der Waals surface area contributed by atoms with Crippen molar-refractivity contribution in [3.63, 3.8) is 0 Å².